The Bertz CT molecular complexity index is 194. The molecule has 0 saturated heterocycles. The van der Waals surface area contributed by atoms with E-state index in [1.54, 1.807) is 7.05 Å². The van der Waals surface area contributed by atoms with Crippen molar-refractivity contribution in [2.45, 2.75) is 39.0 Å². The van der Waals surface area contributed by atoms with Gasteiger partial charge in [-0.15, -0.1) is 0 Å². The monoisotopic (exact) mass is 212 g/mol. The summed E-state index contributed by atoms with van der Waals surface area (Å²) in [5.41, 5.74) is 0. The molecule has 0 radical (unpaired) electrons. The van der Waals surface area contributed by atoms with Gasteiger partial charge in [-0.3, -0.25) is 4.79 Å². The van der Waals surface area contributed by atoms with Gasteiger partial charge in [-0.05, 0) is 44.2 Å². The van der Waals surface area contributed by atoms with Crippen LogP contribution in [0.3, 0.4) is 0 Å². The van der Waals surface area contributed by atoms with E-state index in [1.807, 2.05) is 0 Å². The predicted molar refractivity (Wildman–Crippen MR) is 62.7 cm³/mol. The third kappa shape index (κ3) is 5.17. The van der Waals surface area contributed by atoms with Crippen LogP contribution in [0.1, 0.15) is 39.0 Å². The highest BCUT2D eigenvalue weighted by Crippen LogP contribution is 2.29. The molecule has 15 heavy (non-hydrogen) atoms. The van der Waals surface area contributed by atoms with Crippen LogP contribution >= 0.6 is 0 Å². The molecule has 1 saturated carbocycles. The molecule has 0 aliphatic heterocycles. The van der Waals surface area contributed by atoms with Crippen LogP contribution < -0.4 is 10.6 Å². The summed E-state index contributed by atoms with van der Waals surface area (Å²) < 4.78 is 0. The molecule has 2 N–H and O–H groups in total. The molecular weight excluding hydrogens is 188 g/mol. The topological polar surface area (TPSA) is 41.1 Å². The van der Waals surface area contributed by atoms with Gasteiger partial charge in [0.2, 0.25) is 5.91 Å². The highest BCUT2D eigenvalue weighted by atomic mass is 16.1. The van der Waals surface area contributed by atoms with Crippen molar-refractivity contribution in [3.05, 3.63) is 0 Å². The van der Waals surface area contributed by atoms with Gasteiger partial charge in [-0.25, -0.2) is 0 Å². The van der Waals surface area contributed by atoms with Crippen molar-refractivity contribution in [1.29, 1.82) is 0 Å². The molecule has 88 valence electrons. The van der Waals surface area contributed by atoms with Gasteiger partial charge in [-0.2, -0.15) is 0 Å². The Labute approximate surface area is 93.0 Å². The summed E-state index contributed by atoms with van der Waals surface area (Å²) in [6.07, 6.45) is 5.74. The molecule has 0 spiro atoms. The zero-order chi connectivity index (χ0) is 11.1. The van der Waals surface area contributed by atoms with Crippen LogP contribution in [0.25, 0.3) is 0 Å². The fourth-order valence-corrected chi connectivity index (χ4v) is 2.32. The highest BCUT2D eigenvalue weighted by molar-refractivity contribution is 5.75. The van der Waals surface area contributed by atoms with E-state index in [-0.39, 0.29) is 5.91 Å². The van der Waals surface area contributed by atoms with Gasteiger partial charge in [0.1, 0.15) is 0 Å². The smallest absolute Gasteiger partial charge is 0.219 e. The van der Waals surface area contributed by atoms with Crippen LogP contribution in [-0.2, 0) is 4.79 Å². The molecule has 1 aliphatic carbocycles. The number of carbonyl (C=O) groups excluding carboxylic acids is 1. The molecule has 1 amide bonds. The Kier molecular flexibility index (Phi) is 5.69. The maximum Gasteiger partial charge on any atom is 0.219 e. The summed E-state index contributed by atoms with van der Waals surface area (Å²) in [6.45, 7) is 4.45. The van der Waals surface area contributed by atoms with Crippen molar-refractivity contribution in [2.24, 2.45) is 11.8 Å². The van der Waals surface area contributed by atoms with E-state index in [2.05, 4.69) is 17.6 Å². The van der Waals surface area contributed by atoms with E-state index in [1.165, 1.54) is 19.3 Å². The van der Waals surface area contributed by atoms with E-state index in [0.717, 1.165) is 31.3 Å². The quantitative estimate of drug-likeness (QED) is 0.656. The number of rotatable bonds is 6. The number of carbonyl (C=O) groups is 1. The molecule has 0 aromatic carbocycles. The molecule has 2 atom stereocenters. The maximum absolute atomic E-state index is 10.9. The van der Waals surface area contributed by atoms with Crippen molar-refractivity contribution in [3.8, 4) is 0 Å². The standard InChI is InChI=1S/C12H24N2O/c1-10-5-6-11(8-10)9-14-7-3-4-12(15)13-2/h10-11,14H,3-9H2,1-2H3,(H,13,15). The van der Waals surface area contributed by atoms with Gasteiger partial charge >= 0.3 is 0 Å². The zero-order valence-corrected chi connectivity index (χ0v) is 10.0. The first-order valence-corrected chi connectivity index (χ1v) is 6.13. The second-order valence-electron chi connectivity index (χ2n) is 4.77. The second kappa shape index (κ2) is 6.83. The van der Waals surface area contributed by atoms with Crippen molar-refractivity contribution in [3.63, 3.8) is 0 Å². The predicted octanol–water partition coefficient (Wildman–Crippen LogP) is 1.54. The summed E-state index contributed by atoms with van der Waals surface area (Å²) in [6, 6.07) is 0. The molecule has 1 aliphatic rings. The van der Waals surface area contributed by atoms with Crippen molar-refractivity contribution >= 4 is 5.91 Å². The summed E-state index contributed by atoms with van der Waals surface area (Å²) in [5.74, 6) is 1.94. The normalized spacial score (nSPS) is 25.5. The molecular formula is C12H24N2O. The van der Waals surface area contributed by atoms with E-state index in [4.69, 9.17) is 0 Å². The first-order valence-electron chi connectivity index (χ1n) is 6.13. The van der Waals surface area contributed by atoms with Gasteiger partial charge < -0.3 is 10.6 Å². The molecule has 0 aromatic rings. The lowest BCUT2D eigenvalue weighted by molar-refractivity contribution is -0.120. The second-order valence-corrected chi connectivity index (χ2v) is 4.77. The molecule has 1 fully saturated rings. The Hall–Kier alpha value is -0.570. The lowest BCUT2D eigenvalue weighted by Gasteiger charge is -2.10. The van der Waals surface area contributed by atoms with Crippen LogP contribution in [-0.4, -0.2) is 26.0 Å². The van der Waals surface area contributed by atoms with Crippen molar-refractivity contribution in [1.82, 2.24) is 10.6 Å². The van der Waals surface area contributed by atoms with Gasteiger partial charge in [0.25, 0.3) is 0 Å². The van der Waals surface area contributed by atoms with Gasteiger partial charge in [-0.1, -0.05) is 13.3 Å². The SMILES string of the molecule is CNC(=O)CCCNCC1CCC(C)C1. The van der Waals surface area contributed by atoms with E-state index in [9.17, 15) is 4.79 Å². The number of amides is 1. The average molecular weight is 212 g/mol. The fourth-order valence-electron chi connectivity index (χ4n) is 2.32. The van der Waals surface area contributed by atoms with E-state index in [0.29, 0.717) is 6.42 Å². The third-order valence-corrected chi connectivity index (χ3v) is 3.27. The van der Waals surface area contributed by atoms with Crippen LogP contribution in [0.2, 0.25) is 0 Å². The first-order chi connectivity index (χ1) is 7.22. The Morgan fingerprint density at radius 2 is 2.20 bits per heavy atom. The molecule has 0 aromatic heterocycles. The third-order valence-electron chi connectivity index (χ3n) is 3.27. The van der Waals surface area contributed by atoms with Crippen LogP contribution in [0.5, 0.6) is 0 Å². The molecule has 2 unspecified atom stereocenters. The number of hydrogen-bond acceptors (Lipinski definition) is 2. The largest absolute Gasteiger partial charge is 0.359 e. The highest BCUT2D eigenvalue weighted by Gasteiger charge is 2.20. The number of hydrogen-bond donors (Lipinski definition) is 2. The summed E-state index contributed by atoms with van der Waals surface area (Å²) in [7, 11) is 1.69. The van der Waals surface area contributed by atoms with Crippen molar-refractivity contribution < 1.29 is 4.79 Å². The first kappa shape index (κ1) is 12.5. The molecule has 1 rings (SSSR count). The maximum atomic E-state index is 10.9. The summed E-state index contributed by atoms with van der Waals surface area (Å²) >= 11 is 0. The Morgan fingerprint density at radius 3 is 2.80 bits per heavy atom. The van der Waals surface area contributed by atoms with Gasteiger partial charge in [0.05, 0.1) is 0 Å². The summed E-state index contributed by atoms with van der Waals surface area (Å²) in [4.78, 5) is 10.9. The van der Waals surface area contributed by atoms with Crippen LogP contribution in [0.4, 0.5) is 0 Å². The molecule has 3 nitrogen and oxygen atoms in total. The fraction of sp³-hybridized carbons (Fsp3) is 0.917. The zero-order valence-electron chi connectivity index (χ0n) is 10.0. The van der Waals surface area contributed by atoms with E-state index >= 15 is 0 Å². The minimum absolute atomic E-state index is 0.145. The molecule has 3 heteroatoms. The van der Waals surface area contributed by atoms with E-state index < -0.39 is 0 Å². The van der Waals surface area contributed by atoms with Crippen LogP contribution in [0, 0.1) is 11.8 Å². The Balaban J connectivity index is 1.91. The van der Waals surface area contributed by atoms with Gasteiger partial charge in [0.15, 0.2) is 0 Å². The summed E-state index contributed by atoms with van der Waals surface area (Å²) in [5, 5.41) is 6.08. The van der Waals surface area contributed by atoms with Crippen LogP contribution in [0.15, 0.2) is 0 Å². The lowest BCUT2D eigenvalue weighted by atomic mass is 10.1. The number of nitrogens with one attached hydrogen (secondary N) is 2. The molecule has 0 bridgehead atoms. The minimum atomic E-state index is 0.145. The molecule has 0 heterocycles. The average Bonchev–Trinajstić information content (AvgIpc) is 2.63. The lowest BCUT2D eigenvalue weighted by Crippen LogP contribution is -2.24. The van der Waals surface area contributed by atoms with Crippen molar-refractivity contribution in [2.75, 3.05) is 20.1 Å². The minimum Gasteiger partial charge on any atom is -0.359 e. The Morgan fingerprint density at radius 1 is 1.40 bits per heavy atom. The van der Waals surface area contributed by atoms with Gasteiger partial charge in [0, 0.05) is 13.5 Å².